The van der Waals surface area contributed by atoms with Gasteiger partial charge in [-0.2, -0.15) is 0 Å². The third-order valence-electron chi connectivity index (χ3n) is 4.69. The van der Waals surface area contributed by atoms with Gasteiger partial charge in [-0.1, -0.05) is 47.3 Å². The Morgan fingerprint density at radius 3 is 1.89 bits per heavy atom. The molecule has 0 radical (unpaired) electrons. The van der Waals surface area contributed by atoms with E-state index in [0.29, 0.717) is 10.7 Å². The van der Waals surface area contributed by atoms with Gasteiger partial charge in [0.1, 0.15) is 0 Å². The minimum absolute atomic E-state index is 0.264. The first-order chi connectivity index (χ1) is 9.24. The summed E-state index contributed by atoms with van der Waals surface area (Å²) in [6.45, 7) is 0. The van der Waals surface area contributed by atoms with Crippen LogP contribution < -0.4 is 0 Å². The maximum atomic E-state index is 5.60. The normalized spacial score (nSPS) is 37.8. The average Bonchev–Trinajstić information content (AvgIpc) is 2.47. The number of ether oxygens (including phenoxy) is 2. The number of hydrogen-bond donors (Lipinski definition) is 0. The van der Waals surface area contributed by atoms with Gasteiger partial charge in [-0.05, 0) is 37.5 Å². The third kappa shape index (κ3) is 4.30. The topological polar surface area (TPSA) is 18.5 Å². The zero-order chi connectivity index (χ0) is 13.7. The second-order valence-electron chi connectivity index (χ2n) is 6.01. The Bertz CT molecular complexity index is 272. The number of allylic oxidation sites excluding steroid dienone is 2. The number of methoxy groups -OCH3 is 2. The highest BCUT2D eigenvalue weighted by Crippen LogP contribution is 2.34. The fraction of sp³-hybridized carbons (Fsp3) is 0.875. The number of alkyl halides is 1. The minimum Gasteiger partial charge on any atom is -0.380 e. The summed E-state index contributed by atoms with van der Waals surface area (Å²) in [7, 11) is 3.61. The van der Waals surface area contributed by atoms with Gasteiger partial charge in [0, 0.05) is 14.2 Å². The van der Waals surface area contributed by atoms with Gasteiger partial charge in [0.05, 0.1) is 17.0 Å². The van der Waals surface area contributed by atoms with Crippen LogP contribution in [0, 0.1) is 11.8 Å². The van der Waals surface area contributed by atoms with Crippen molar-refractivity contribution < 1.29 is 9.47 Å². The molecule has 2 aliphatic carbocycles. The van der Waals surface area contributed by atoms with Crippen LogP contribution in [0.1, 0.15) is 44.9 Å². The molecular weight excluding hydrogens is 304 g/mol. The van der Waals surface area contributed by atoms with Crippen LogP contribution in [0.4, 0.5) is 0 Å². The lowest BCUT2D eigenvalue weighted by atomic mass is 9.82. The summed E-state index contributed by atoms with van der Waals surface area (Å²) in [6.07, 6.45) is 14.7. The van der Waals surface area contributed by atoms with Crippen LogP contribution in [0.2, 0.25) is 0 Å². The summed E-state index contributed by atoms with van der Waals surface area (Å²) < 4.78 is 11.2. The molecule has 2 atom stereocenters. The summed E-state index contributed by atoms with van der Waals surface area (Å²) in [5.74, 6) is 1.42. The molecule has 0 aliphatic heterocycles. The van der Waals surface area contributed by atoms with Crippen molar-refractivity contribution in [3.8, 4) is 0 Å². The predicted molar refractivity (Wildman–Crippen MR) is 82.7 cm³/mol. The zero-order valence-electron chi connectivity index (χ0n) is 12.2. The summed E-state index contributed by atoms with van der Waals surface area (Å²) in [6, 6.07) is 0. The van der Waals surface area contributed by atoms with E-state index in [0.717, 1.165) is 18.8 Å². The molecule has 0 aromatic heterocycles. The van der Waals surface area contributed by atoms with Crippen LogP contribution in [-0.2, 0) is 9.47 Å². The predicted octanol–water partition coefficient (Wildman–Crippen LogP) is 4.33. The number of hydrogen-bond acceptors (Lipinski definition) is 2. The summed E-state index contributed by atoms with van der Waals surface area (Å²) in [5.41, 5.74) is 0. The Labute approximate surface area is 126 Å². The molecule has 110 valence electrons. The highest BCUT2D eigenvalue weighted by atomic mass is 79.9. The SMILES string of the molecule is COC1CC(/C=C/C2CCCCC2)CC(OC)C1Br. The van der Waals surface area contributed by atoms with Crippen molar-refractivity contribution in [2.75, 3.05) is 14.2 Å². The smallest absolute Gasteiger partial charge is 0.0727 e. The molecule has 2 nitrogen and oxygen atoms in total. The Morgan fingerprint density at radius 1 is 0.842 bits per heavy atom. The van der Waals surface area contributed by atoms with Crippen molar-refractivity contribution in [3.05, 3.63) is 12.2 Å². The molecule has 0 spiro atoms. The molecule has 0 bridgehead atoms. The molecule has 0 aromatic rings. The molecular formula is C16H27BrO2. The van der Waals surface area contributed by atoms with Crippen molar-refractivity contribution >= 4 is 15.9 Å². The second-order valence-corrected chi connectivity index (χ2v) is 7.06. The molecule has 2 aliphatic rings. The molecule has 19 heavy (non-hydrogen) atoms. The zero-order valence-corrected chi connectivity index (χ0v) is 13.8. The van der Waals surface area contributed by atoms with Gasteiger partial charge >= 0.3 is 0 Å². The number of rotatable bonds is 4. The molecule has 2 unspecified atom stereocenters. The van der Waals surface area contributed by atoms with Crippen LogP contribution in [0.25, 0.3) is 0 Å². The molecule has 3 heteroatoms. The quantitative estimate of drug-likeness (QED) is 0.564. The first-order valence-corrected chi connectivity index (χ1v) is 8.54. The van der Waals surface area contributed by atoms with Gasteiger partial charge in [-0.25, -0.2) is 0 Å². The van der Waals surface area contributed by atoms with Crippen LogP contribution in [0.3, 0.4) is 0 Å². The van der Waals surface area contributed by atoms with Gasteiger partial charge in [0.15, 0.2) is 0 Å². The van der Waals surface area contributed by atoms with E-state index in [9.17, 15) is 0 Å². The van der Waals surface area contributed by atoms with E-state index >= 15 is 0 Å². The maximum Gasteiger partial charge on any atom is 0.0727 e. The maximum absolute atomic E-state index is 5.60. The van der Waals surface area contributed by atoms with E-state index in [1.807, 2.05) is 0 Å². The lowest BCUT2D eigenvalue weighted by Gasteiger charge is -2.36. The molecule has 2 rings (SSSR count). The second kappa shape index (κ2) is 7.80. The first kappa shape index (κ1) is 15.5. The largest absolute Gasteiger partial charge is 0.380 e. The van der Waals surface area contributed by atoms with Gasteiger partial charge in [0.25, 0.3) is 0 Å². The van der Waals surface area contributed by atoms with Crippen molar-refractivity contribution in [2.24, 2.45) is 11.8 Å². The van der Waals surface area contributed by atoms with Gasteiger partial charge in [0.2, 0.25) is 0 Å². The standard InChI is InChI=1S/C16H27BrO2/c1-18-14-10-13(11-15(19-2)16(14)17)9-8-12-6-4-3-5-7-12/h8-9,12-16H,3-7,10-11H2,1-2H3/b9-8+. The Morgan fingerprint density at radius 2 is 1.37 bits per heavy atom. The summed E-state index contributed by atoms with van der Waals surface area (Å²) in [5, 5.41) is 0. The first-order valence-electron chi connectivity index (χ1n) is 7.62. The summed E-state index contributed by atoms with van der Waals surface area (Å²) >= 11 is 3.72. The van der Waals surface area contributed by atoms with E-state index < -0.39 is 0 Å². The van der Waals surface area contributed by atoms with Crippen LogP contribution in [-0.4, -0.2) is 31.3 Å². The highest BCUT2D eigenvalue weighted by Gasteiger charge is 2.35. The van der Waals surface area contributed by atoms with Gasteiger partial charge in [-0.3, -0.25) is 0 Å². The third-order valence-corrected chi connectivity index (χ3v) is 5.87. The molecule has 0 heterocycles. The lowest BCUT2D eigenvalue weighted by molar-refractivity contribution is -0.0131. The van der Waals surface area contributed by atoms with Crippen LogP contribution in [0.5, 0.6) is 0 Å². The van der Waals surface area contributed by atoms with Crippen molar-refractivity contribution in [1.29, 1.82) is 0 Å². The minimum atomic E-state index is 0.264. The van der Waals surface area contributed by atoms with Gasteiger partial charge in [-0.15, -0.1) is 0 Å². The molecule has 0 N–H and O–H groups in total. The van der Waals surface area contributed by atoms with Crippen molar-refractivity contribution in [2.45, 2.75) is 62.0 Å². The van der Waals surface area contributed by atoms with E-state index in [4.69, 9.17) is 9.47 Å². The molecule has 0 aromatic carbocycles. The highest BCUT2D eigenvalue weighted by molar-refractivity contribution is 9.09. The Balaban J connectivity index is 1.90. The monoisotopic (exact) mass is 330 g/mol. The summed E-state index contributed by atoms with van der Waals surface area (Å²) in [4.78, 5) is 0.321. The van der Waals surface area contributed by atoms with E-state index in [1.54, 1.807) is 14.2 Å². The Hall–Kier alpha value is 0.140. The molecule has 2 saturated carbocycles. The van der Waals surface area contributed by atoms with Crippen LogP contribution >= 0.6 is 15.9 Å². The fourth-order valence-corrected chi connectivity index (χ4v) is 4.31. The molecule has 2 fully saturated rings. The van der Waals surface area contributed by atoms with Gasteiger partial charge < -0.3 is 9.47 Å². The van der Waals surface area contributed by atoms with E-state index in [2.05, 4.69) is 28.1 Å². The van der Waals surface area contributed by atoms with E-state index in [-0.39, 0.29) is 12.2 Å². The molecule has 0 saturated heterocycles. The number of halogens is 1. The lowest BCUT2D eigenvalue weighted by Crippen LogP contribution is -2.42. The van der Waals surface area contributed by atoms with Crippen LogP contribution in [0.15, 0.2) is 12.2 Å². The average molecular weight is 331 g/mol. The Kier molecular flexibility index (Phi) is 6.37. The van der Waals surface area contributed by atoms with Crippen molar-refractivity contribution in [1.82, 2.24) is 0 Å². The fourth-order valence-electron chi connectivity index (χ4n) is 3.44. The molecule has 0 amide bonds. The van der Waals surface area contributed by atoms with Crippen molar-refractivity contribution in [3.63, 3.8) is 0 Å². The van der Waals surface area contributed by atoms with E-state index in [1.165, 1.54) is 32.1 Å².